The Labute approximate surface area is 116 Å². The Kier molecular flexibility index (Phi) is 6.19. The number of hydrogen-bond donors (Lipinski definition) is 1. The summed E-state index contributed by atoms with van der Waals surface area (Å²) in [7, 11) is 0. The molecule has 0 saturated carbocycles. The number of nitrogens with zero attached hydrogens (tertiary/aromatic N) is 1. The van der Waals surface area contributed by atoms with Crippen molar-refractivity contribution in [1.29, 1.82) is 0 Å². The van der Waals surface area contributed by atoms with Gasteiger partial charge < -0.3 is 5.11 Å². The van der Waals surface area contributed by atoms with Crippen molar-refractivity contribution in [3.63, 3.8) is 0 Å². The van der Waals surface area contributed by atoms with Gasteiger partial charge in [0.25, 0.3) is 0 Å². The average molecular weight is 263 g/mol. The number of benzene rings is 1. The number of aliphatic hydroxyl groups is 1. The lowest BCUT2D eigenvalue weighted by Gasteiger charge is -2.23. The predicted molar refractivity (Wildman–Crippen MR) is 77.9 cm³/mol. The Morgan fingerprint density at radius 3 is 2.37 bits per heavy atom. The first-order chi connectivity index (χ1) is 8.90. The number of Topliss-reactive ketones (excluding diaryl/α,β-unsaturated/α-hetero) is 1. The Bertz CT molecular complexity index is 381. The largest absolute Gasteiger partial charge is 0.395 e. The summed E-state index contributed by atoms with van der Waals surface area (Å²) in [6.07, 6.45) is 0.573. The lowest BCUT2D eigenvalue weighted by molar-refractivity contribution is -0.122. The van der Waals surface area contributed by atoms with E-state index < -0.39 is 0 Å². The fourth-order valence-corrected chi connectivity index (χ4v) is 2.09. The number of rotatable bonds is 7. The highest BCUT2D eigenvalue weighted by molar-refractivity contribution is 5.81. The predicted octanol–water partition coefficient (Wildman–Crippen LogP) is 2.49. The second-order valence-corrected chi connectivity index (χ2v) is 6.20. The van der Waals surface area contributed by atoms with Crippen molar-refractivity contribution in [2.75, 3.05) is 19.7 Å². The second kappa shape index (κ2) is 7.41. The van der Waals surface area contributed by atoms with E-state index >= 15 is 0 Å². The Morgan fingerprint density at radius 1 is 1.21 bits per heavy atom. The molecular weight excluding hydrogens is 238 g/mol. The minimum atomic E-state index is 0.0225. The first-order valence-electron chi connectivity index (χ1n) is 6.79. The minimum absolute atomic E-state index is 0.0225. The standard InChI is InChI=1S/C16H25NO2/c1-16(2,3)11-15(19)13-17(9-10-18)12-14-7-5-4-6-8-14/h4-8,18H,9-13H2,1-3H3. The first kappa shape index (κ1) is 15.9. The molecule has 3 heteroatoms. The molecule has 0 aliphatic heterocycles. The number of aliphatic hydroxyl groups excluding tert-OH is 1. The van der Waals surface area contributed by atoms with Crippen molar-refractivity contribution in [2.45, 2.75) is 33.7 Å². The lowest BCUT2D eigenvalue weighted by Crippen LogP contribution is -2.33. The van der Waals surface area contributed by atoms with Crippen molar-refractivity contribution in [3.8, 4) is 0 Å². The summed E-state index contributed by atoms with van der Waals surface area (Å²) in [5.41, 5.74) is 1.19. The van der Waals surface area contributed by atoms with Gasteiger partial charge in [-0.1, -0.05) is 51.1 Å². The summed E-state index contributed by atoms with van der Waals surface area (Å²) < 4.78 is 0. The molecule has 0 aliphatic carbocycles. The van der Waals surface area contributed by atoms with Crippen molar-refractivity contribution >= 4 is 5.78 Å². The van der Waals surface area contributed by atoms with Gasteiger partial charge >= 0.3 is 0 Å². The number of ketones is 1. The van der Waals surface area contributed by atoms with E-state index in [0.717, 1.165) is 0 Å². The maximum absolute atomic E-state index is 12.0. The van der Waals surface area contributed by atoms with Crippen LogP contribution >= 0.6 is 0 Å². The van der Waals surface area contributed by atoms with Crippen LogP contribution in [0.1, 0.15) is 32.8 Å². The van der Waals surface area contributed by atoms with E-state index in [1.165, 1.54) is 5.56 Å². The molecule has 0 aromatic heterocycles. The van der Waals surface area contributed by atoms with Crippen LogP contribution in [0.3, 0.4) is 0 Å². The van der Waals surface area contributed by atoms with E-state index in [2.05, 4.69) is 20.8 Å². The van der Waals surface area contributed by atoms with Crippen LogP contribution in [0, 0.1) is 5.41 Å². The van der Waals surface area contributed by atoms with E-state index in [4.69, 9.17) is 5.11 Å². The molecule has 0 unspecified atom stereocenters. The summed E-state index contributed by atoms with van der Waals surface area (Å²) in [5.74, 6) is 0.233. The van der Waals surface area contributed by atoms with Gasteiger partial charge in [-0.3, -0.25) is 9.69 Å². The highest BCUT2D eigenvalue weighted by Gasteiger charge is 2.18. The average Bonchev–Trinajstić information content (AvgIpc) is 2.27. The Morgan fingerprint density at radius 2 is 1.84 bits per heavy atom. The van der Waals surface area contributed by atoms with Gasteiger partial charge in [0.15, 0.2) is 0 Å². The summed E-state index contributed by atoms with van der Waals surface area (Å²) in [6, 6.07) is 10.0. The van der Waals surface area contributed by atoms with E-state index in [1.807, 2.05) is 35.2 Å². The molecule has 1 aromatic carbocycles. The van der Waals surface area contributed by atoms with E-state index in [1.54, 1.807) is 0 Å². The van der Waals surface area contributed by atoms with Gasteiger partial charge in [-0.25, -0.2) is 0 Å². The van der Waals surface area contributed by atoms with Crippen molar-refractivity contribution in [1.82, 2.24) is 4.90 Å². The third-order valence-electron chi connectivity index (χ3n) is 2.79. The van der Waals surface area contributed by atoms with Crippen molar-refractivity contribution < 1.29 is 9.90 Å². The lowest BCUT2D eigenvalue weighted by atomic mass is 9.90. The van der Waals surface area contributed by atoms with Gasteiger partial charge in [0, 0.05) is 19.5 Å². The molecule has 0 amide bonds. The molecule has 0 atom stereocenters. The van der Waals surface area contributed by atoms with Crippen LogP contribution < -0.4 is 0 Å². The molecule has 0 aliphatic rings. The van der Waals surface area contributed by atoms with Gasteiger partial charge in [0.1, 0.15) is 5.78 Å². The van der Waals surface area contributed by atoms with Crippen LogP contribution in [-0.2, 0) is 11.3 Å². The van der Waals surface area contributed by atoms with Crippen molar-refractivity contribution in [2.24, 2.45) is 5.41 Å². The maximum Gasteiger partial charge on any atom is 0.147 e. The first-order valence-corrected chi connectivity index (χ1v) is 6.79. The monoisotopic (exact) mass is 263 g/mol. The molecule has 3 nitrogen and oxygen atoms in total. The molecule has 1 aromatic rings. The van der Waals surface area contributed by atoms with Gasteiger partial charge in [-0.2, -0.15) is 0 Å². The van der Waals surface area contributed by atoms with Crippen LogP contribution in [0.2, 0.25) is 0 Å². The molecule has 0 saturated heterocycles. The van der Waals surface area contributed by atoms with E-state index in [0.29, 0.717) is 26.1 Å². The van der Waals surface area contributed by atoms with Gasteiger partial charge in [0.2, 0.25) is 0 Å². The number of carbonyl (C=O) groups excluding carboxylic acids is 1. The summed E-state index contributed by atoms with van der Waals surface area (Å²) >= 11 is 0. The number of carbonyl (C=O) groups is 1. The van der Waals surface area contributed by atoms with Crippen LogP contribution in [0.5, 0.6) is 0 Å². The summed E-state index contributed by atoms with van der Waals surface area (Å²) in [6.45, 7) is 7.93. The van der Waals surface area contributed by atoms with E-state index in [-0.39, 0.29) is 17.8 Å². The van der Waals surface area contributed by atoms with Crippen LogP contribution in [0.15, 0.2) is 30.3 Å². The van der Waals surface area contributed by atoms with Crippen LogP contribution in [0.4, 0.5) is 0 Å². The Hall–Kier alpha value is -1.19. The molecule has 0 fully saturated rings. The molecule has 0 heterocycles. The third kappa shape index (κ3) is 7.09. The molecular formula is C16H25NO2. The molecule has 1 rings (SSSR count). The normalized spacial score (nSPS) is 11.8. The third-order valence-corrected chi connectivity index (χ3v) is 2.79. The maximum atomic E-state index is 12.0. The zero-order chi connectivity index (χ0) is 14.3. The van der Waals surface area contributed by atoms with Gasteiger partial charge in [-0.15, -0.1) is 0 Å². The van der Waals surface area contributed by atoms with Crippen LogP contribution in [0.25, 0.3) is 0 Å². The van der Waals surface area contributed by atoms with Gasteiger partial charge in [-0.05, 0) is 11.0 Å². The summed E-state index contributed by atoms with van der Waals surface area (Å²) in [4.78, 5) is 14.0. The fraction of sp³-hybridized carbons (Fsp3) is 0.562. The second-order valence-electron chi connectivity index (χ2n) is 6.20. The van der Waals surface area contributed by atoms with Gasteiger partial charge in [0.05, 0.1) is 13.2 Å². The fourth-order valence-electron chi connectivity index (χ4n) is 2.09. The zero-order valence-electron chi connectivity index (χ0n) is 12.2. The molecule has 1 N–H and O–H groups in total. The highest BCUT2D eigenvalue weighted by Crippen LogP contribution is 2.19. The SMILES string of the molecule is CC(C)(C)CC(=O)CN(CCO)Cc1ccccc1. The molecule has 0 bridgehead atoms. The minimum Gasteiger partial charge on any atom is -0.395 e. The van der Waals surface area contributed by atoms with E-state index in [9.17, 15) is 4.79 Å². The molecule has 0 spiro atoms. The number of hydrogen-bond acceptors (Lipinski definition) is 3. The Balaban J connectivity index is 2.55. The molecule has 0 radical (unpaired) electrons. The highest BCUT2D eigenvalue weighted by atomic mass is 16.3. The topological polar surface area (TPSA) is 40.5 Å². The summed E-state index contributed by atoms with van der Waals surface area (Å²) in [5, 5.41) is 9.11. The zero-order valence-corrected chi connectivity index (χ0v) is 12.2. The molecule has 19 heavy (non-hydrogen) atoms. The smallest absolute Gasteiger partial charge is 0.147 e. The van der Waals surface area contributed by atoms with Crippen molar-refractivity contribution in [3.05, 3.63) is 35.9 Å². The van der Waals surface area contributed by atoms with Crippen LogP contribution in [-0.4, -0.2) is 35.5 Å². The molecule has 106 valence electrons. The quantitative estimate of drug-likeness (QED) is 0.821.